The highest BCUT2D eigenvalue weighted by Gasteiger charge is 2.46. The Labute approximate surface area is 155 Å². The van der Waals surface area contributed by atoms with E-state index in [9.17, 15) is 4.79 Å². The molecule has 0 atom stereocenters. The summed E-state index contributed by atoms with van der Waals surface area (Å²) in [7, 11) is 0. The normalized spacial score (nSPS) is 20.0. The van der Waals surface area contributed by atoms with E-state index in [0.717, 1.165) is 45.4 Å². The smallest absolute Gasteiger partial charge is 0.223 e. The molecule has 136 valence electrons. The van der Waals surface area contributed by atoms with Gasteiger partial charge < -0.3 is 4.90 Å². The van der Waals surface area contributed by atoms with E-state index >= 15 is 0 Å². The van der Waals surface area contributed by atoms with E-state index in [1.165, 1.54) is 16.7 Å². The zero-order valence-corrected chi connectivity index (χ0v) is 15.5. The van der Waals surface area contributed by atoms with Gasteiger partial charge in [0.05, 0.1) is 0 Å². The van der Waals surface area contributed by atoms with E-state index in [2.05, 4.69) is 52.0 Å². The fraction of sp³-hybridized carbons (Fsp3) is 0.455. The molecule has 4 heteroatoms. The van der Waals surface area contributed by atoms with Gasteiger partial charge in [-0.2, -0.15) is 0 Å². The molecule has 0 bridgehead atoms. The molecule has 2 aliphatic heterocycles. The van der Waals surface area contributed by atoms with Crippen LogP contribution < -0.4 is 0 Å². The summed E-state index contributed by atoms with van der Waals surface area (Å²) in [4.78, 5) is 21.5. The first-order valence-corrected chi connectivity index (χ1v) is 9.62. The lowest BCUT2D eigenvalue weighted by atomic mass is 9.84. The van der Waals surface area contributed by atoms with Crippen molar-refractivity contribution in [3.05, 3.63) is 65.5 Å². The Morgan fingerprint density at radius 3 is 2.58 bits per heavy atom. The topological polar surface area (TPSA) is 36.4 Å². The number of hydrogen-bond acceptors (Lipinski definition) is 3. The van der Waals surface area contributed by atoms with E-state index in [-0.39, 0.29) is 5.54 Å². The van der Waals surface area contributed by atoms with Crippen molar-refractivity contribution in [3.63, 3.8) is 0 Å². The Balaban J connectivity index is 1.43. The highest BCUT2D eigenvalue weighted by atomic mass is 16.2. The molecule has 2 aromatic rings. The summed E-state index contributed by atoms with van der Waals surface area (Å²) in [5, 5.41) is 0. The second-order valence-electron chi connectivity index (χ2n) is 7.83. The minimum absolute atomic E-state index is 0.0618. The number of amides is 1. The van der Waals surface area contributed by atoms with E-state index < -0.39 is 0 Å². The number of aryl methyl sites for hydroxylation is 1. The molecule has 1 spiro atoms. The largest absolute Gasteiger partial charge is 0.333 e. The van der Waals surface area contributed by atoms with Gasteiger partial charge in [0, 0.05) is 50.5 Å². The molecule has 0 unspecified atom stereocenters. The molecular formula is C22H27N3O. The number of pyridine rings is 1. The second kappa shape index (κ2) is 7.20. The Morgan fingerprint density at radius 2 is 1.85 bits per heavy atom. The van der Waals surface area contributed by atoms with Crippen molar-refractivity contribution in [2.45, 2.75) is 51.2 Å². The molecule has 2 saturated heterocycles. The first kappa shape index (κ1) is 17.2. The molecule has 2 fully saturated rings. The van der Waals surface area contributed by atoms with Crippen LogP contribution in [0.5, 0.6) is 0 Å². The van der Waals surface area contributed by atoms with E-state index in [0.29, 0.717) is 12.3 Å². The molecule has 1 amide bonds. The molecule has 4 rings (SSSR count). The zero-order chi connectivity index (χ0) is 18.0. The van der Waals surface area contributed by atoms with Gasteiger partial charge in [-0.05, 0) is 43.4 Å². The molecule has 2 aliphatic rings. The standard InChI is InChI=1S/C22H27N3O/c1-18-4-2-5-19(14-18)17-25-21(26)7-8-22(25)9-12-24(13-10-22)16-20-6-3-11-23-15-20/h2-6,11,14-15H,7-10,12-13,16-17H2,1H3. The maximum Gasteiger partial charge on any atom is 0.223 e. The van der Waals surface area contributed by atoms with Crippen LogP contribution in [0.1, 0.15) is 42.4 Å². The lowest BCUT2D eigenvalue weighted by molar-refractivity contribution is -0.133. The summed E-state index contributed by atoms with van der Waals surface area (Å²) >= 11 is 0. The van der Waals surface area contributed by atoms with Gasteiger partial charge in [-0.1, -0.05) is 35.9 Å². The van der Waals surface area contributed by atoms with Crippen LogP contribution in [0.4, 0.5) is 0 Å². The van der Waals surface area contributed by atoms with Crippen LogP contribution >= 0.6 is 0 Å². The SMILES string of the molecule is Cc1cccc(CN2C(=O)CCC23CCN(Cc2cccnc2)CC3)c1. The van der Waals surface area contributed by atoms with Gasteiger partial charge >= 0.3 is 0 Å². The quantitative estimate of drug-likeness (QED) is 0.847. The number of piperidine rings is 1. The predicted molar refractivity (Wildman–Crippen MR) is 102 cm³/mol. The number of aromatic nitrogens is 1. The number of carbonyl (C=O) groups is 1. The van der Waals surface area contributed by atoms with Crippen molar-refractivity contribution < 1.29 is 4.79 Å². The third-order valence-corrected chi connectivity index (χ3v) is 6.02. The molecule has 1 aromatic heterocycles. The summed E-state index contributed by atoms with van der Waals surface area (Å²) in [6.45, 7) is 5.92. The highest BCUT2D eigenvalue weighted by Crippen LogP contribution is 2.40. The van der Waals surface area contributed by atoms with Crippen molar-refractivity contribution in [2.24, 2.45) is 0 Å². The van der Waals surface area contributed by atoms with Crippen LogP contribution in [0, 0.1) is 6.92 Å². The summed E-state index contributed by atoms with van der Waals surface area (Å²) in [5.41, 5.74) is 3.83. The van der Waals surface area contributed by atoms with Crippen molar-refractivity contribution in [1.82, 2.24) is 14.8 Å². The predicted octanol–water partition coefficient (Wildman–Crippen LogP) is 3.55. The molecule has 0 saturated carbocycles. The van der Waals surface area contributed by atoms with Crippen LogP contribution in [0.15, 0.2) is 48.8 Å². The molecule has 3 heterocycles. The molecular weight excluding hydrogens is 322 g/mol. The molecule has 1 aromatic carbocycles. The number of carbonyl (C=O) groups excluding carboxylic acids is 1. The zero-order valence-electron chi connectivity index (χ0n) is 15.5. The van der Waals surface area contributed by atoms with Gasteiger partial charge in [-0.25, -0.2) is 0 Å². The second-order valence-corrected chi connectivity index (χ2v) is 7.83. The summed E-state index contributed by atoms with van der Waals surface area (Å²) in [5.74, 6) is 0.326. The molecule has 26 heavy (non-hydrogen) atoms. The van der Waals surface area contributed by atoms with Crippen molar-refractivity contribution in [3.8, 4) is 0 Å². The Morgan fingerprint density at radius 1 is 1.04 bits per heavy atom. The van der Waals surface area contributed by atoms with Crippen LogP contribution in [-0.4, -0.2) is 39.3 Å². The van der Waals surface area contributed by atoms with Gasteiger partial charge in [0.1, 0.15) is 0 Å². The average molecular weight is 349 g/mol. The third-order valence-electron chi connectivity index (χ3n) is 6.02. The number of hydrogen-bond donors (Lipinski definition) is 0. The average Bonchev–Trinajstić information content (AvgIpc) is 2.94. The maximum absolute atomic E-state index is 12.6. The van der Waals surface area contributed by atoms with Gasteiger partial charge in [0.15, 0.2) is 0 Å². The first-order valence-electron chi connectivity index (χ1n) is 9.62. The third kappa shape index (κ3) is 3.51. The van der Waals surface area contributed by atoms with Crippen LogP contribution in [0.2, 0.25) is 0 Å². The van der Waals surface area contributed by atoms with Gasteiger partial charge in [0.25, 0.3) is 0 Å². The van der Waals surface area contributed by atoms with Gasteiger partial charge in [-0.15, -0.1) is 0 Å². The monoisotopic (exact) mass is 349 g/mol. The van der Waals surface area contributed by atoms with E-state index in [1.807, 2.05) is 18.5 Å². The number of nitrogens with zero attached hydrogens (tertiary/aromatic N) is 3. The molecule has 0 radical (unpaired) electrons. The lowest BCUT2D eigenvalue weighted by Crippen LogP contribution is -2.52. The molecule has 0 N–H and O–H groups in total. The first-order chi connectivity index (χ1) is 12.6. The van der Waals surface area contributed by atoms with Crippen molar-refractivity contribution in [1.29, 1.82) is 0 Å². The summed E-state index contributed by atoms with van der Waals surface area (Å²) < 4.78 is 0. The van der Waals surface area contributed by atoms with Crippen molar-refractivity contribution >= 4 is 5.91 Å². The minimum atomic E-state index is 0.0618. The number of benzene rings is 1. The minimum Gasteiger partial charge on any atom is -0.333 e. The van der Waals surface area contributed by atoms with Crippen molar-refractivity contribution in [2.75, 3.05) is 13.1 Å². The van der Waals surface area contributed by atoms with Crippen LogP contribution in [0.25, 0.3) is 0 Å². The van der Waals surface area contributed by atoms with Crippen LogP contribution in [0.3, 0.4) is 0 Å². The molecule has 0 aliphatic carbocycles. The summed E-state index contributed by atoms with van der Waals surface area (Å²) in [6.07, 6.45) is 7.64. The summed E-state index contributed by atoms with van der Waals surface area (Å²) in [6, 6.07) is 12.7. The molecule has 4 nitrogen and oxygen atoms in total. The Bertz CT molecular complexity index is 766. The van der Waals surface area contributed by atoms with E-state index in [4.69, 9.17) is 0 Å². The van der Waals surface area contributed by atoms with Gasteiger partial charge in [0.2, 0.25) is 5.91 Å². The van der Waals surface area contributed by atoms with Crippen LogP contribution in [-0.2, 0) is 17.9 Å². The Hall–Kier alpha value is -2.20. The highest BCUT2D eigenvalue weighted by molar-refractivity contribution is 5.79. The number of rotatable bonds is 4. The van der Waals surface area contributed by atoms with Gasteiger partial charge in [-0.3, -0.25) is 14.7 Å². The fourth-order valence-corrected chi connectivity index (χ4v) is 4.52. The van der Waals surface area contributed by atoms with E-state index in [1.54, 1.807) is 0 Å². The fourth-order valence-electron chi connectivity index (χ4n) is 4.52. The number of likely N-dealkylation sites (tertiary alicyclic amines) is 2. The maximum atomic E-state index is 12.6. The lowest BCUT2D eigenvalue weighted by Gasteiger charge is -2.45. The Kier molecular flexibility index (Phi) is 4.77.